The zero-order chi connectivity index (χ0) is 20.2. The molecular formula is C21H17N3O4S. The first-order valence-corrected chi connectivity index (χ1v) is 9.80. The van der Waals surface area contributed by atoms with Crippen molar-refractivity contribution in [1.29, 1.82) is 0 Å². The molecule has 4 aromatic rings. The van der Waals surface area contributed by atoms with Crippen LogP contribution in [0.4, 0.5) is 10.5 Å². The predicted molar refractivity (Wildman–Crippen MR) is 113 cm³/mol. The van der Waals surface area contributed by atoms with E-state index in [0.717, 1.165) is 0 Å². The molecule has 0 radical (unpaired) electrons. The van der Waals surface area contributed by atoms with Crippen LogP contribution in [0.15, 0.2) is 64.8 Å². The number of nitrogens with zero attached hydrogens (tertiary/aromatic N) is 1. The van der Waals surface area contributed by atoms with Gasteiger partial charge < -0.3 is 14.5 Å². The van der Waals surface area contributed by atoms with Gasteiger partial charge in [-0.3, -0.25) is 10.1 Å². The van der Waals surface area contributed by atoms with Gasteiger partial charge in [-0.25, -0.2) is 9.78 Å². The standard InChI is InChI=1S/C21H17N3O4S/c1-2-27-17-9-8-13(22-21(26)28-14-6-4-3-5-7-14)12-16(17)18-23-19(25)15-10-11-29-20(15)24-18/h3-12H,2H2,1H3,(H,22,26)(H,23,24,25). The number of H-pyrrole nitrogens is 1. The maximum Gasteiger partial charge on any atom is 0.417 e. The highest BCUT2D eigenvalue weighted by Gasteiger charge is 2.14. The Kier molecular flexibility index (Phi) is 5.26. The Balaban J connectivity index is 1.66. The van der Waals surface area contributed by atoms with Crippen LogP contribution in [0.5, 0.6) is 11.5 Å². The molecule has 8 heteroatoms. The molecule has 0 spiro atoms. The zero-order valence-corrected chi connectivity index (χ0v) is 16.3. The SMILES string of the molecule is CCOc1ccc(NC(=O)Oc2ccccc2)cc1-c1nc2sccc2c(=O)[nH]1. The third-order valence-corrected chi connectivity index (χ3v) is 4.88. The molecule has 2 aromatic heterocycles. The summed E-state index contributed by atoms with van der Waals surface area (Å²) < 4.78 is 10.9. The molecule has 1 amide bonds. The fourth-order valence-electron chi connectivity index (χ4n) is 2.81. The third-order valence-electron chi connectivity index (χ3n) is 4.07. The monoisotopic (exact) mass is 407 g/mol. The van der Waals surface area contributed by atoms with Crippen LogP contribution in [0.25, 0.3) is 21.6 Å². The number of nitrogens with one attached hydrogen (secondary N) is 2. The van der Waals surface area contributed by atoms with Crippen LogP contribution in [0.3, 0.4) is 0 Å². The summed E-state index contributed by atoms with van der Waals surface area (Å²) in [6.45, 7) is 2.31. The predicted octanol–water partition coefficient (Wildman–Crippen LogP) is 4.66. The molecule has 4 rings (SSSR count). The van der Waals surface area contributed by atoms with E-state index >= 15 is 0 Å². The number of rotatable bonds is 5. The largest absolute Gasteiger partial charge is 0.493 e. The van der Waals surface area contributed by atoms with E-state index in [1.165, 1.54) is 11.3 Å². The van der Waals surface area contributed by atoms with Gasteiger partial charge in [-0.15, -0.1) is 11.3 Å². The second-order valence-corrected chi connectivity index (χ2v) is 6.92. The van der Waals surface area contributed by atoms with Gasteiger partial charge in [0.15, 0.2) is 0 Å². The van der Waals surface area contributed by atoms with Crippen LogP contribution < -0.4 is 20.3 Å². The van der Waals surface area contributed by atoms with Gasteiger partial charge >= 0.3 is 6.09 Å². The fourth-order valence-corrected chi connectivity index (χ4v) is 3.57. The highest BCUT2D eigenvalue weighted by molar-refractivity contribution is 7.16. The second kappa shape index (κ2) is 8.15. The minimum atomic E-state index is -0.624. The number of amides is 1. The molecule has 7 nitrogen and oxygen atoms in total. The summed E-state index contributed by atoms with van der Waals surface area (Å²) in [5.74, 6) is 1.35. The van der Waals surface area contributed by atoms with Gasteiger partial charge in [-0.1, -0.05) is 18.2 Å². The molecular weight excluding hydrogens is 390 g/mol. The molecule has 2 aromatic carbocycles. The van der Waals surface area contributed by atoms with Crippen molar-refractivity contribution in [2.45, 2.75) is 6.92 Å². The molecule has 0 saturated heterocycles. The average molecular weight is 407 g/mol. The highest BCUT2D eigenvalue weighted by atomic mass is 32.1. The van der Waals surface area contributed by atoms with Crippen molar-refractivity contribution in [3.05, 3.63) is 70.3 Å². The third kappa shape index (κ3) is 4.12. The van der Waals surface area contributed by atoms with Crippen LogP contribution in [-0.2, 0) is 0 Å². The molecule has 0 aliphatic carbocycles. The second-order valence-electron chi connectivity index (χ2n) is 6.03. The number of hydrogen-bond acceptors (Lipinski definition) is 6. The van der Waals surface area contributed by atoms with Gasteiger partial charge in [0.1, 0.15) is 22.2 Å². The number of fused-ring (bicyclic) bond motifs is 1. The van der Waals surface area contributed by atoms with Crippen molar-refractivity contribution >= 4 is 33.3 Å². The van der Waals surface area contributed by atoms with E-state index < -0.39 is 6.09 Å². The van der Waals surface area contributed by atoms with Crippen LogP contribution in [0.2, 0.25) is 0 Å². The minimum Gasteiger partial charge on any atom is -0.493 e. The van der Waals surface area contributed by atoms with E-state index in [1.807, 2.05) is 18.4 Å². The number of ether oxygens (including phenoxy) is 2. The number of aromatic nitrogens is 2. The Labute approximate surface area is 170 Å². The molecule has 2 heterocycles. The first-order chi connectivity index (χ1) is 14.1. The number of anilines is 1. The molecule has 2 N–H and O–H groups in total. The molecule has 0 fully saturated rings. The summed E-state index contributed by atoms with van der Waals surface area (Å²) in [6, 6.07) is 15.6. The van der Waals surface area contributed by atoms with Crippen molar-refractivity contribution in [2.24, 2.45) is 0 Å². The minimum absolute atomic E-state index is 0.226. The number of hydrogen-bond donors (Lipinski definition) is 2. The van der Waals surface area contributed by atoms with Crippen molar-refractivity contribution < 1.29 is 14.3 Å². The lowest BCUT2D eigenvalue weighted by Crippen LogP contribution is -2.17. The molecule has 0 bridgehead atoms. The van der Waals surface area contributed by atoms with Crippen molar-refractivity contribution in [1.82, 2.24) is 9.97 Å². The molecule has 146 valence electrons. The number of benzene rings is 2. The van der Waals surface area contributed by atoms with Crippen molar-refractivity contribution in [2.75, 3.05) is 11.9 Å². The Bertz CT molecular complexity index is 1220. The van der Waals surface area contributed by atoms with Gasteiger partial charge in [0.2, 0.25) is 0 Å². The van der Waals surface area contributed by atoms with Gasteiger partial charge in [0.05, 0.1) is 17.6 Å². The van der Waals surface area contributed by atoms with Crippen LogP contribution in [0, 0.1) is 0 Å². The summed E-state index contributed by atoms with van der Waals surface area (Å²) >= 11 is 1.38. The van der Waals surface area contributed by atoms with E-state index in [9.17, 15) is 9.59 Å². The number of para-hydroxylation sites is 1. The maximum absolute atomic E-state index is 12.3. The van der Waals surface area contributed by atoms with Gasteiger partial charge in [0, 0.05) is 5.69 Å². The normalized spacial score (nSPS) is 10.7. The summed E-state index contributed by atoms with van der Waals surface area (Å²) in [7, 11) is 0. The summed E-state index contributed by atoms with van der Waals surface area (Å²) in [5.41, 5.74) is 0.825. The number of carbonyl (C=O) groups excluding carboxylic acids is 1. The molecule has 0 saturated carbocycles. The quantitative estimate of drug-likeness (QED) is 0.502. The van der Waals surface area contributed by atoms with Crippen LogP contribution in [0.1, 0.15) is 6.92 Å². The van der Waals surface area contributed by atoms with E-state index in [-0.39, 0.29) is 5.56 Å². The van der Waals surface area contributed by atoms with Gasteiger partial charge in [-0.2, -0.15) is 0 Å². The Morgan fingerprint density at radius 1 is 1.17 bits per heavy atom. The smallest absolute Gasteiger partial charge is 0.417 e. The van der Waals surface area contributed by atoms with Crippen molar-refractivity contribution in [3.8, 4) is 22.9 Å². The maximum atomic E-state index is 12.3. The van der Waals surface area contributed by atoms with E-state index in [2.05, 4.69) is 15.3 Å². The molecule has 0 unspecified atom stereocenters. The van der Waals surface area contributed by atoms with Crippen molar-refractivity contribution in [3.63, 3.8) is 0 Å². The average Bonchev–Trinajstić information content (AvgIpc) is 3.19. The van der Waals surface area contributed by atoms with Crippen LogP contribution in [-0.4, -0.2) is 22.7 Å². The number of aromatic amines is 1. The Morgan fingerprint density at radius 2 is 2.00 bits per heavy atom. The Morgan fingerprint density at radius 3 is 2.79 bits per heavy atom. The fraction of sp³-hybridized carbons (Fsp3) is 0.0952. The van der Waals surface area contributed by atoms with Crippen LogP contribution >= 0.6 is 11.3 Å². The molecule has 0 aliphatic heterocycles. The lowest BCUT2D eigenvalue weighted by molar-refractivity contribution is 0.215. The highest BCUT2D eigenvalue weighted by Crippen LogP contribution is 2.31. The van der Waals surface area contributed by atoms with E-state index in [0.29, 0.717) is 45.4 Å². The molecule has 29 heavy (non-hydrogen) atoms. The zero-order valence-electron chi connectivity index (χ0n) is 15.5. The first-order valence-electron chi connectivity index (χ1n) is 8.92. The lowest BCUT2D eigenvalue weighted by Gasteiger charge is -2.12. The lowest BCUT2D eigenvalue weighted by atomic mass is 10.1. The van der Waals surface area contributed by atoms with E-state index in [1.54, 1.807) is 48.5 Å². The van der Waals surface area contributed by atoms with E-state index in [4.69, 9.17) is 9.47 Å². The topological polar surface area (TPSA) is 93.3 Å². The van der Waals surface area contributed by atoms with Gasteiger partial charge in [-0.05, 0) is 48.7 Å². The first kappa shape index (κ1) is 18.7. The number of carbonyl (C=O) groups is 1. The summed E-state index contributed by atoms with van der Waals surface area (Å²) in [5, 5.41) is 5.04. The van der Waals surface area contributed by atoms with Gasteiger partial charge in [0.25, 0.3) is 5.56 Å². The summed E-state index contributed by atoms with van der Waals surface area (Å²) in [6.07, 6.45) is -0.624. The Hall–Kier alpha value is -3.65. The molecule has 0 atom stereocenters. The number of thiophene rings is 1. The molecule has 0 aliphatic rings. The summed E-state index contributed by atoms with van der Waals surface area (Å²) in [4.78, 5) is 32.5.